The number of hydrogen-bond acceptors (Lipinski definition) is 0. The molecular weight excluding hydrogens is 470 g/mol. The normalized spacial score (nSPS) is 11.3. The van der Waals surface area contributed by atoms with Gasteiger partial charge in [0.05, 0.1) is 11.0 Å². The molecule has 0 aliphatic heterocycles. The minimum Gasteiger partial charge on any atom is -0.309 e. The predicted molar refractivity (Wildman–Crippen MR) is 166 cm³/mol. The van der Waals surface area contributed by atoms with Crippen molar-refractivity contribution in [3.05, 3.63) is 162 Å². The Kier molecular flexibility index (Phi) is 5.83. The first kappa shape index (κ1) is 23.3. The lowest BCUT2D eigenvalue weighted by Crippen LogP contribution is -1.93. The Bertz CT molecular complexity index is 1930. The molecule has 0 bridgehead atoms. The van der Waals surface area contributed by atoms with Crippen molar-refractivity contribution in [2.45, 2.75) is 13.3 Å². The molecule has 186 valence electrons. The van der Waals surface area contributed by atoms with E-state index < -0.39 is 0 Å². The van der Waals surface area contributed by atoms with Gasteiger partial charge < -0.3 is 4.57 Å². The van der Waals surface area contributed by atoms with E-state index in [0.717, 1.165) is 6.42 Å². The van der Waals surface area contributed by atoms with Gasteiger partial charge in [0, 0.05) is 16.5 Å². The third kappa shape index (κ3) is 4.43. The fraction of sp³-hybridized carbons (Fsp3) is 0.0526. The Morgan fingerprint density at radius 2 is 1.08 bits per heavy atom. The van der Waals surface area contributed by atoms with Gasteiger partial charge in [0.25, 0.3) is 0 Å². The fourth-order valence-electron chi connectivity index (χ4n) is 5.83. The lowest BCUT2D eigenvalue weighted by Gasteiger charge is -2.11. The van der Waals surface area contributed by atoms with Crippen LogP contribution in [0, 0.1) is 6.92 Å². The summed E-state index contributed by atoms with van der Waals surface area (Å²) < 4.78 is 2.37. The van der Waals surface area contributed by atoms with Gasteiger partial charge in [-0.1, -0.05) is 109 Å². The van der Waals surface area contributed by atoms with Crippen LogP contribution in [0.4, 0.5) is 0 Å². The van der Waals surface area contributed by atoms with E-state index in [4.69, 9.17) is 0 Å². The lowest BCUT2D eigenvalue weighted by atomic mass is 9.94. The van der Waals surface area contributed by atoms with Crippen molar-refractivity contribution in [2.24, 2.45) is 0 Å². The summed E-state index contributed by atoms with van der Waals surface area (Å²) in [5.41, 5.74) is 12.6. The Morgan fingerprint density at radius 3 is 1.90 bits per heavy atom. The van der Waals surface area contributed by atoms with Gasteiger partial charge in [-0.3, -0.25) is 0 Å². The first-order valence-corrected chi connectivity index (χ1v) is 13.6. The Hall–Kier alpha value is -4.88. The number of aryl methyl sites for hydroxylation is 1. The highest BCUT2D eigenvalue weighted by Crippen LogP contribution is 2.34. The topological polar surface area (TPSA) is 4.93 Å². The van der Waals surface area contributed by atoms with Gasteiger partial charge in [0.15, 0.2) is 0 Å². The maximum atomic E-state index is 2.38. The third-order valence-corrected chi connectivity index (χ3v) is 7.60. The van der Waals surface area contributed by atoms with Crippen LogP contribution in [0.3, 0.4) is 0 Å². The average molecular weight is 500 g/mol. The quantitative estimate of drug-likeness (QED) is 0.222. The number of para-hydroxylation sites is 2. The van der Waals surface area contributed by atoms with E-state index in [0.29, 0.717) is 0 Å². The monoisotopic (exact) mass is 499 g/mol. The molecule has 0 N–H and O–H groups in total. The number of fused-ring (bicyclic) bond motifs is 3. The summed E-state index contributed by atoms with van der Waals surface area (Å²) in [5.74, 6) is 0. The molecule has 7 rings (SSSR count). The summed E-state index contributed by atoms with van der Waals surface area (Å²) in [5, 5.41) is 2.59. The molecule has 0 fully saturated rings. The van der Waals surface area contributed by atoms with Crippen LogP contribution in [0.25, 0.3) is 49.7 Å². The van der Waals surface area contributed by atoms with Crippen LogP contribution < -0.4 is 0 Å². The number of rotatable bonds is 5. The Labute approximate surface area is 229 Å². The minimum absolute atomic E-state index is 0.895. The van der Waals surface area contributed by atoms with Crippen molar-refractivity contribution in [3.63, 3.8) is 0 Å². The maximum absolute atomic E-state index is 2.38. The van der Waals surface area contributed by atoms with Crippen molar-refractivity contribution in [2.75, 3.05) is 0 Å². The summed E-state index contributed by atoms with van der Waals surface area (Å²) >= 11 is 0. The zero-order valence-corrected chi connectivity index (χ0v) is 22.0. The van der Waals surface area contributed by atoms with Crippen LogP contribution in [0.5, 0.6) is 0 Å². The highest BCUT2D eigenvalue weighted by Gasteiger charge is 2.13. The van der Waals surface area contributed by atoms with Crippen molar-refractivity contribution < 1.29 is 0 Å². The van der Waals surface area contributed by atoms with Gasteiger partial charge >= 0.3 is 0 Å². The molecule has 0 unspecified atom stereocenters. The van der Waals surface area contributed by atoms with Crippen LogP contribution in [0.1, 0.15) is 16.7 Å². The predicted octanol–water partition coefficient (Wildman–Crippen LogP) is 10.0. The number of benzene rings is 6. The number of aromatic nitrogens is 1. The van der Waals surface area contributed by atoms with Gasteiger partial charge in [0.2, 0.25) is 0 Å². The molecule has 0 amide bonds. The molecule has 0 atom stereocenters. The number of hydrogen-bond donors (Lipinski definition) is 0. The molecular formula is C38H29N. The van der Waals surface area contributed by atoms with Crippen LogP contribution in [-0.4, -0.2) is 4.57 Å². The molecule has 1 aromatic heterocycles. The van der Waals surface area contributed by atoms with Crippen molar-refractivity contribution in [1.29, 1.82) is 0 Å². The molecule has 1 heteroatoms. The van der Waals surface area contributed by atoms with E-state index in [2.05, 4.69) is 157 Å². The largest absolute Gasteiger partial charge is 0.309 e. The molecule has 39 heavy (non-hydrogen) atoms. The molecule has 0 aliphatic carbocycles. The molecule has 1 heterocycles. The molecule has 7 aromatic rings. The molecule has 0 spiro atoms. The van der Waals surface area contributed by atoms with E-state index >= 15 is 0 Å². The van der Waals surface area contributed by atoms with Crippen LogP contribution >= 0.6 is 0 Å². The SMILES string of the molecule is Cc1cc(-c2ccccc2)cc(-c2cccc(Cc3ccc4c(c3)c3ccccc3n4-c3ccccc3)c2)c1. The molecule has 1 nitrogen and oxygen atoms in total. The Morgan fingerprint density at radius 1 is 0.436 bits per heavy atom. The second-order valence-corrected chi connectivity index (χ2v) is 10.4. The summed E-state index contributed by atoms with van der Waals surface area (Å²) in [6, 6.07) is 52.8. The molecule has 0 saturated heterocycles. The third-order valence-electron chi connectivity index (χ3n) is 7.60. The molecule has 0 aliphatic rings. The van der Waals surface area contributed by atoms with Crippen molar-refractivity contribution in [1.82, 2.24) is 4.57 Å². The van der Waals surface area contributed by atoms with Gasteiger partial charge in [0.1, 0.15) is 0 Å². The first-order valence-electron chi connectivity index (χ1n) is 13.6. The highest BCUT2D eigenvalue weighted by atomic mass is 15.0. The van der Waals surface area contributed by atoms with E-state index in [1.54, 1.807) is 0 Å². The molecule has 0 saturated carbocycles. The highest BCUT2D eigenvalue weighted by molar-refractivity contribution is 6.09. The summed E-state index contributed by atoms with van der Waals surface area (Å²) in [4.78, 5) is 0. The van der Waals surface area contributed by atoms with Crippen LogP contribution in [-0.2, 0) is 6.42 Å². The molecule has 0 radical (unpaired) electrons. The second kappa shape index (κ2) is 9.78. The van der Waals surface area contributed by atoms with Crippen molar-refractivity contribution >= 4 is 21.8 Å². The van der Waals surface area contributed by atoms with Gasteiger partial charge in [-0.15, -0.1) is 0 Å². The zero-order valence-electron chi connectivity index (χ0n) is 22.0. The van der Waals surface area contributed by atoms with Crippen LogP contribution in [0.2, 0.25) is 0 Å². The van der Waals surface area contributed by atoms with Crippen molar-refractivity contribution in [3.8, 4) is 27.9 Å². The number of nitrogens with zero attached hydrogens (tertiary/aromatic N) is 1. The Balaban J connectivity index is 1.26. The summed E-state index contributed by atoms with van der Waals surface area (Å²) in [7, 11) is 0. The smallest absolute Gasteiger partial charge is 0.0541 e. The van der Waals surface area contributed by atoms with E-state index in [-0.39, 0.29) is 0 Å². The minimum atomic E-state index is 0.895. The van der Waals surface area contributed by atoms with Gasteiger partial charge in [-0.25, -0.2) is 0 Å². The lowest BCUT2D eigenvalue weighted by molar-refractivity contribution is 1.17. The fourth-order valence-corrected chi connectivity index (χ4v) is 5.83. The van der Waals surface area contributed by atoms with Gasteiger partial charge in [-0.05, 0) is 88.7 Å². The zero-order chi connectivity index (χ0) is 26.2. The molecule has 6 aromatic carbocycles. The van der Waals surface area contributed by atoms with Crippen LogP contribution in [0.15, 0.2) is 146 Å². The van der Waals surface area contributed by atoms with Gasteiger partial charge in [-0.2, -0.15) is 0 Å². The maximum Gasteiger partial charge on any atom is 0.0541 e. The first-order chi connectivity index (χ1) is 19.2. The van der Waals surface area contributed by atoms with E-state index in [9.17, 15) is 0 Å². The van der Waals surface area contributed by atoms with E-state index in [1.807, 2.05) is 0 Å². The summed E-state index contributed by atoms with van der Waals surface area (Å²) in [6.45, 7) is 2.18. The summed E-state index contributed by atoms with van der Waals surface area (Å²) in [6.07, 6.45) is 0.895. The average Bonchev–Trinajstić information content (AvgIpc) is 3.32. The second-order valence-electron chi connectivity index (χ2n) is 10.4. The standard InChI is InChI=1S/C38H29N/c1-27-21-32(30-12-4-2-5-13-30)26-33(22-27)31-14-10-11-28(24-31)23-29-19-20-38-36(25-29)35-17-8-9-18-37(35)39(38)34-15-6-3-7-16-34/h2-22,24-26H,23H2,1H3. The van der Waals surface area contributed by atoms with E-state index in [1.165, 1.54) is 66.4 Å².